The van der Waals surface area contributed by atoms with Crippen molar-refractivity contribution in [3.05, 3.63) is 77.1 Å². The first-order chi connectivity index (χ1) is 16.4. The smallest absolute Gasteiger partial charge is 0.457 e. The lowest BCUT2D eigenvalue weighted by Gasteiger charge is -2.17. The van der Waals surface area contributed by atoms with Crippen molar-refractivity contribution < 1.29 is 41.0 Å². The molecule has 1 aliphatic carbocycles. The van der Waals surface area contributed by atoms with E-state index in [4.69, 9.17) is 10.5 Å². The minimum Gasteiger partial charge on any atom is -0.457 e. The summed E-state index contributed by atoms with van der Waals surface area (Å²) in [5, 5.41) is 2.52. The fraction of sp³-hybridized carbons (Fsp3) is 0.174. The van der Waals surface area contributed by atoms with Crippen molar-refractivity contribution in [1.82, 2.24) is 4.98 Å². The molecule has 2 amide bonds. The number of pyridine rings is 1. The molecule has 0 spiro atoms. The summed E-state index contributed by atoms with van der Waals surface area (Å²) in [4.78, 5) is 28.1. The van der Waals surface area contributed by atoms with Gasteiger partial charge in [-0.25, -0.2) is 13.8 Å². The highest BCUT2D eigenvalue weighted by Gasteiger charge is 2.42. The minimum atomic E-state index is -4.87. The van der Waals surface area contributed by atoms with Crippen molar-refractivity contribution >= 4 is 17.5 Å². The number of nitrogens with zero attached hydrogens (tertiary/aromatic N) is 1. The summed E-state index contributed by atoms with van der Waals surface area (Å²) in [5.74, 6) is -5.20. The van der Waals surface area contributed by atoms with E-state index in [0.717, 1.165) is 18.2 Å². The lowest BCUT2D eigenvalue weighted by Crippen LogP contribution is -2.18. The Bertz CT molecular complexity index is 1280. The van der Waals surface area contributed by atoms with E-state index < -0.39 is 36.3 Å². The number of hydrogen-bond donors (Lipinski definition) is 2. The van der Waals surface area contributed by atoms with Crippen LogP contribution in [-0.4, -0.2) is 23.2 Å². The van der Waals surface area contributed by atoms with Crippen molar-refractivity contribution in [3.8, 4) is 17.2 Å². The Balaban J connectivity index is 1.65. The van der Waals surface area contributed by atoms with Gasteiger partial charge in [-0.05, 0) is 60.5 Å². The Morgan fingerprint density at radius 1 is 1.00 bits per heavy atom. The monoisotopic (exact) mass is 493 g/mol. The molecule has 1 aliphatic rings. The highest BCUT2D eigenvalue weighted by atomic mass is 19.4. The van der Waals surface area contributed by atoms with Gasteiger partial charge in [0, 0.05) is 12.0 Å². The zero-order valence-electron chi connectivity index (χ0n) is 17.7. The van der Waals surface area contributed by atoms with Gasteiger partial charge in [0.05, 0.1) is 17.4 Å². The van der Waals surface area contributed by atoms with Gasteiger partial charge < -0.3 is 20.5 Å². The maximum Gasteiger partial charge on any atom is 0.573 e. The van der Waals surface area contributed by atoms with E-state index in [-0.39, 0.29) is 46.0 Å². The zero-order chi connectivity index (χ0) is 25.4. The van der Waals surface area contributed by atoms with Gasteiger partial charge in [0.25, 0.3) is 17.7 Å². The number of rotatable bonds is 6. The molecule has 0 atom stereocenters. The number of nitrogens with two attached hydrogens (primary N) is 1. The molecule has 4 rings (SSSR count). The second-order valence-electron chi connectivity index (χ2n) is 7.54. The third-order valence-electron chi connectivity index (χ3n) is 5.14. The fourth-order valence-corrected chi connectivity index (χ4v) is 3.62. The summed E-state index contributed by atoms with van der Waals surface area (Å²) in [5.41, 5.74) is 4.88. The van der Waals surface area contributed by atoms with E-state index in [1.807, 2.05) is 0 Å². The number of carbonyl (C=O) groups is 2. The average Bonchev–Trinajstić information content (AvgIpc) is 3.08. The van der Waals surface area contributed by atoms with Gasteiger partial charge in [0.1, 0.15) is 22.9 Å². The second kappa shape index (κ2) is 8.85. The molecule has 0 bridgehead atoms. The molecule has 12 heteroatoms. The molecular formula is C23H16F5N3O4. The number of amides is 2. The Morgan fingerprint density at radius 3 is 2.29 bits per heavy atom. The average molecular weight is 493 g/mol. The van der Waals surface area contributed by atoms with Crippen LogP contribution < -0.4 is 20.5 Å². The van der Waals surface area contributed by atoms with Crippen molar-refractivity contribution in [3.63, 3.8) is 0 Å². The lowest BCUT2D eigenvalue weighted by molar-refractivity contribution is -0.274. The predicted molar refractivity (Wildman–Crippen MR) is 113 cm³/mol. The molecular weight excluding hydrogens is 477 g/mol. The lowest BCUT2D eigenvalue weighted by atomic mass is 10.0. The summed E-state index contributed by atoms with van der Waals surface area (Å²) in [6.45, 7) is 0. The Hall–Kier alpha value is -4.22. The standard InChI is InChI=1S/C23H16F5N3O4/c24-22(25)10-9-15-16(22)6-8-18(34-13-2-4-14(5-3-13)35-23(26,27)28)19(15)21(33)31-12-1-7-17(20(29)32)30-11-12/h1-8,11H,9-10H2,(H2,29,32)(H,31,33). The van der Waals surface area contributed by atoms with E-state index in [0.29, 0.717) is 0 Å². The van der Waals surface area contributed by atoms with Crippen LogP contribution >= 0.6 is 0 Å². The topological polar surface area (TPSA) is 104 Å². The molecule has 0 unspecified atom stereocenters. The molecule has 1 aromatic heterocycles. The van der Waals surface area contributed by atoms with Crippen molar-refractivity contribution in [2.75, 3.05) is 5.32 Å². The maximum absolute atomic E-state index is 14.3. The number of fused-ring (bicyclic) bond motifs is 1. The van der Waals surface area contributed by atoms with Crippen LogP contribution in [0.15, 0.2) is 54.7 Å². The number of halogens is 5. The van der Waals surface area contributed by atoms with E-state index in [1.54, 1.807) is 0 Å². The molecule has 0 radical (unpaired) electrons. The predicted octanol–water partition coefficient (Wildman–Crippen LogP) is 5.16. The van der Waals surface area contributed by atoms with Crippen LogP contribution in [0, 0.1) is 0 Å². The maximum atomic E-state index is 14.3. The number of hydrogen-bond acceptors (Lipinski definition) is 5. The first-order valence-corrected chi connectivity index (χ1v) is 10.1. The highest BCUT2D eigenvalue weighted by Crippen LogP contribution is 2.45. The second-order valence-corrected chi connectivity index (χ2v) is 7.54. The molecule has 182 valence electrons. The van der Waals surface area contributed by atoms with Crippen LogP contribution in [0.1, 0.15) is 38.4 Å². The number of anilines is 1. The van der Waals surface area contributed by atoms with Gasteiger partial charge in [-0.2, -0.15) is 0 Å². The number of nitrogens with one attached hydrogen (secondary N) is 1. The quantitative estimate of drug-likeness (QED) is 0.462. The SMILES string of the molecule is NC(=O)c1ccc(NC(=O)c2c(Oc3ccc(OC(F)(F)F)cc3)ccc3c2CCC3(F)F)cn1. The van der Waals surface area contributed by atoms with Crippen LogP contribution in [0.25, 0.3) is 0 Å². The number of primary amides is 1. The summed E-state index contributed by atoms with van der Waals surface area (Å²) >= 11 is 0. The number of benzene rings is 2. The molecule has 0 saturated carbocycles. The molecule has 0 aliphatic heterocycles. The number of alkyl halides is 5. The normalized spacial score (nSPS) is 14.2. The molecule has 0 fully saturated rings. The van der Waals surface area contributed by atoms with Crippen molar-refractivity contribution in [1.29, 1.82) is 0 Å². The highest BCUT2D eigenvalue weighted by molar-refractivity contribution is 6.07. The third kappa shape index (κ3) is 5.31. The summed E-state index contributed by atoms with van der Waals surface area (Å²) in [7, 11) is 0. The molecule has 7 nitrogen and oxygen atoms in total. The van der Waals surface area contributed by atoms with Gasteiger partial charge in [0.2, 0.25) is 0 Å². The summed E-state index contributed by atoms with van der Waals surface area (Å²) in [6.07, 6.45) is -4.29. The summed E-state index contributed by atoms with van der Waals surface area (Å²) in [6, 6.07) is 9.37. The van der Waals surface area contributed by atoms with Crippen molar-refractivity contribution in [2.24, 2.45) is 5.73 Å². The first-order valence-electron chi connectivity index (χ1n) is 10.1. The van der Waals surface area contributed by atoms with Gasteiger partial charge in [-0.1, -0.05) is 0 Å². The van der Waals surface area contributed by atoms with Gasteiger partial charge in [-0.15, -0.1) is 13.2 Å². The number of carbonyl (C=O) groups excluding carboxylic acids is 2. The Labute approximate surface area is 194 Å². The van der Waals surface area contributed by atoms with Crippen LogP contribution in [-0.2, 0) is 12.3 Å². The third-order valence-corrected chi connectivity index (χ3v) is 5.14. The zero-order valence-corrected chi connectivity index (χ0v) is 17.7. The molecule has 1 heterocycles. The summed E-state index contributed by atoms with van der Waals surface area (Å²) < 4.78 is 75.3. The van der Waals surface area contributed by atoms with Crippen LogP contribution in [0.3, 0.4) is 0 Å². The van der Waals surface area contributed by atoms with Gasteiger partial charge in [0.15, 0.2) is 0 Å². The minimum absolute atomic E-state index is 0.0368. The molecule has 0 saturated heterocycles. The Morgan fingerprint density at radius 2 is 1.69 bits per heavy atom. The Kier molecular flexibility index (Phi) is 6.05. The van der Waals surface area contributed by atoms with Crippen LogP contribution in [0.4, 0.5) is 27.6 Å². The number of aromatic nitrogens is 1. The van der Waals surface area contributed by atoms with Crippen LogP contribution in [0.5, 0.6) is 17.2 Å². The first kappa shape index (κ1) is 23.9. The molecule has 3 aromatic rings. The van der Waals surface area contributed by atoms with Crippen LogP contribution in [0.2, 0.25) is 0 Å². The number of ether oxygens (including phenoxy) is 2. The van der Waals surface area contributed by atoms with E-state index in [1.165, 1.54) is 36.5 Å². The van der Waals surface area contributed by atoms with Gasteiger partial charge in [-0.3, -0.25) is 9.59 Å². The molecule has 3 N–H and O–H groups in total. The van der Waals surface area contributed by atoms with E-state index in [9.17, 15) is 31.5 Å². The largest absolute Gasteiger partial charge is 0.573 e. The molecule has 2 aromatic carbocycles. The van der Waals surface area contributed by atoms with E-state index >= 15 is 0 Å². The fourth-order valence-electron chi connectivity index (χ4n) is 3.62. The van der Waals surface area contributed by atoms with Gasteiger partial charge >= 0.3 is 6.36 Å². The molecule has 35 heavy (non-hydrogen) atoms. The van der Waals surface area contributed by atoms with E-state index in [2.05, 4.69) is 15.0 Å². The van der Waals surface area contributed by atoms with Crippen molar-refractivity contribution in [2.45, 2.75) is 25.1 Å².